The average molecular weight is 220 g/mol. The zero-order chi connectivity index (χ0) is 7.56. The van der Waals surface area contributed by atoms with Gasteiger partial charge in [-0.25, -0.2) is 4.98 Å². The molecule has 4 heteroatoms. The number of nitrogens with zero attached hydrogens (tertiary/aromatic N) is 2. The lowest BCUT2D eigenvalue weighted by Crippen LogP contribution is -2.06. The van der Waals surface area contributed by atoms with Gasteiger partial charge < -0.3 is 10.3 Å². The number of aromatic nitrogens is 2. The second-order valence-electron chi connectivity index (χ2n) is 2.83. The van der Waals surface area contributed by atoms with Crippen LogP contribution in [0.25, 0.3) is 0 Å². The Bertz CT molecular complexity index is 207. The SMILES string of the molecule is Br.CC(C)Cn1ccnc1N. The average Bonchev–Trinajstić information content (AvgIpc) is 2.15. The number of rotatable bonds is 2. The summed E-state index contributed by atoms with van der Waals surface area (Å²) in [7, 11) is 0. The molecule has 0 aromatic carbocycles. The fourth-order valence-electron chi connectivity index (χ4n) is 0.888. The highest BCUT2D eigenvalue weighted by molar-refractivity contribution is 8.93. The van der Waals surface area contributed by atoms with Crippen molar-refractivity contribution in [3.05, 3.63) is 12.4 Å². The van der Waals surface area contributed by atoms with E-state index in [2.05, 4.69) is 18.8 Å². The third-order valence-corrected chi connectivity index (χ3v) is 1.31. The van der Waals surface area contributed by atoms with E-state index in [9.17, 15) is 0 Å². The van der Waals surface area contributed by atoms with E-state index in [4.69, 9.17) is 5.73 Å². The first-order valence-corrected chi connectivity index (χ1v) is 3.46. The molecule has 0 amide bonds. The van der Waals surface area contributed by atoms with Gasteiger partial charge in [0, 0.05) is 18.9 Å². The Labute approximate surface area is 77.4 Å². The van der Waals surface area contributed by atoms with Crippen molar-refractivity contribution in [2.45, 2.75) is 20.4 Å². The Hall–Kier alpha value is -0.510. The molecule has 1 rings (SSSR count). The Kier molecular flexibility index (Phi) is 4.18. The second kappa shape index (κ2) is 4.38. The first-order chi connectivity index (χ1) is 4.70. The zero-order valence-electron chi connectivity index (χ0n) is 6.82. The molecule has 0 bridgehead atoms. The lowest BCUT2D eigenvalue weighted by molar-refractivity contribution is 0.528. The Morgan fingerprint density at radius 2 is 2.27 bits per heavy atom. The van der Waals surface area contributed by atoms with Gasteiger partial charge in [0.25, 0.3) is 0 Å². The normalized spacial score (nSPS) is 9.73. The number of halogens is 1. The molecule has 0 aliphatic carbocycles. The molecule has 0 saturated carbocycles. The van der Waals surface area contributed by atoms with Gasteiger partial charge in [-0.05, 0) is 5.92 Å². The van der Waals surface area contributed by atoms with Crippen LogP contribution in [0.5, 0.6) is 0 Å². The summed E-state index contributed by atoms with van der Waals surface area (Å²) >= 11 is 0. The molecule has 1 heterocycles. The van der Waals surface area contributed by atoms with Gasteiger partial charge in [-0.3, -0.25) is 0 Å². The second-order valence-corrected chi connectivity index (χ2v) is 2.83. The topological polar surface area (TPSA) is 43.8 Å². The van der Waals surface area contributed by atoms with Crippen molar-refractivity contribution in [3.63, 3.8) is 0 Å². The number of imidazole rings is 1. The highest BCUT2D eigenvalue weighted by atomic mass is 79.9. The predicted octanol–water partition coefficient (Wildman–Crippen LogP) is 1.70. The van der Waals surface area contributed by atoms with Crippen LogP contribution in [0.3, 0.4) is 0 Å². The highest BCUT2D eigenvalue weighted by Crippen LogP contribution is 2.03. The van der Waals surface area contributed by atoms with E-state index in [-0.39, 0.29) is 17.0 Å². The monoisotopic (exact) mass is 219 g/mol. The molecule has 2 N–H and O–H groups in total. The molecule has 0 radical (unpaired) electrons. The summed E-state index contributed by atoms with van der Waals surface area (Å²) in [5, 5.41) is 0. The van der Waals surface area contributed by atoms with Crippen molar-refractivity contribution >= 4 is 22.9 Å². The van der Waals surface area contributed by atoms with Gasteiger partial charge >= 0.3 is 0 Å². The molecule has 1 aromatic heterocycles. The number of nitrogen functional groups attached to an aromatic ring is 1. The van der Waals surface area contributed by atoms with Crippen LogP contribution in [0.15, 0.2) is 12.4 Å². The smallest absolute Gasteiger partial charge is 0.200 e. The largest absolute Gasteiger partial charge is 0.369 e. The summed E-state index contributed by atoms with van der Waals surface area (Å²) in [4.78, 5) is 3.91. The van der Waals surface area contributed by atoms with Crippen LogP contribution in [0, 0.1) is 5.92 Å². The molecule has 64 valence electrons. The molecule has 0 aliphatic rings. The van der Waals surface area contributed by atoms with Gasteiger partial charge in [-0.15, -0.1) is 17.0 Å². The maximum absolute atomic E-state index is 5.54. The molecule has 0 fully saturated rings. The number of anilines is 1. The fraction of sp³-hybridized carbons (Fsp3) is 0.571. The first-order valence-electron chi connectivity index (χ1n) is 3.46. The molecule has 0 saturated heterocycles. The zero-order valence-corrected chi connectivity index (χ0v) is 8.53. The van der Waals surface area contributed by atoms with Crippen molar-refractivity contribution in [1.82, 2.24) is 9.55 Å². The van der Waals surface area contributed by atoms with Crippen LogP contribution < -0.4 is 5.73 Å². The number of hydrogen-bond acceptors (Lipinski definition) is 2. The molecule has 3 nitrogen and oxygen atoms in total. The van der Waals surface area contributed by atoms with E-state index < -0.39 is 0 Å². The summed E-state index contributed by atoms with van der Waals surface area (Å²) in [5.74, 6) is 1.23. The molecule has 11 heavy (non-hydrogen) atoms. The highest BCUT2D eigenvalue weighted by Gasteiger charge is 1.98. The van der Waals surface area contributed by atoms with Gasteiger partial charge in [0.05, 0.1) is 0 Å². The van der Waals surface area contributed by atoms with E-state index in [1.54, 1.807) is 6.20 Å². The van der Waals surface area contributed by atoms with E-state index >= 15 is 0 Å². The van der Waals surface area contributed by atoms with E-state index in [0.29, 0.717) is 11.9 Å². The summed E-state index contributed by atoms with van der Waals surface area (Å²) < 4.78 is 1.95. The lowest BCUT2D eigenvalue weighted by Gasteiger charge is -2.06. The van der Waals surface area contributed by atoms with Gasteiger partial charge in [0.15, 0.2) is 5.95 Å². The van der Waals surface area contributed by atoms with E-state index in [1.807, 2.05) is 10.8 Å². The van der Waals surface area contributed by atoms with Crippen LogP contribution in [-0.4, -0.2) is 9.55 Å². The number of nitrogens with two attached hydrogens (primary N) is 1. The summed E-state index contributed by atoms with van der Waals surface area (Å²) in [6.45, 7) is 5.25. The molecular formula is C7H14BrN3. The maximum Gasteiger partial charge on any atom is 0.200 e. The van der Waals surface area contributed by atoms with Crippen LogP contribution in [0.2, 0.25) is 0 Å². The van der Waals surface area contributed by atoms with Crippen molar-refractivity contribution < 1.29 is 0 Å². The van der Waals surface area contributed by atoms with Crippen molar-refractivity contribution in [2.75, 3.05) is 5.73 Å². The molecular weight excluding hydrogens is 206 g/mol. The molecule has 1 aromatic rings. The maximum atomic E-state index is 5.54. The van der Waals surface area contributed by atoms with E-state index in [1.165, 1.54) is 0 Å². The minimum Gasteiger partial charge on any atom is -0.369 e. The van der Waals surface area contributed by atoms with Gasteiger partial charge in [-0.1, -0.05) is 13.8 Å². The lowest BCUT2D eigenvalue weighted by atomic mass is 10.2. The van der Waals surface area contributed by atoms with Gasteiger partial charge in [0.2, 0.25) is 0 Å². The third-order valence-electron chi connectivity index (χ3n) is 1.31. The Balaban J connectivity index is 0.000001000. The van der Waals surface area contributed by atoms with Crippen LogP contribution in [0.1, 0.15) is 13.8 Å². The first kappa shape index (κ1) is 10.5. The van der Waals surface area contributed by atoms with Gasteiger partial charge in [-0.2, -0.15) is 0 Å². The number of hydrogen-bond donors (Lipinski definition) is 1. The van der Waals surface area contributed by atoms with E-state index in [0.717, 1.165) is 6.54 Å². The standard InChI is InChI=1S/C7H13N3.BrH/c1-6(2)5-10-4-3-9-7(10)8;/h3-4,6H,5H2,1-2H3,(H2,8,9);1H. The van der Waals surface area contributed by atoms with Crippen LogP contribution >= 0.6 is 17.0 Å². The van der Waals surface area contributed by atoms with Crippen molar-refractivity contribution in [2.24, 2.45) is 5.92 Å². The summed E-state index contributed by atoms with van der Waals surface area (Å²) in [6, 6.07) is 0. The van der Waals surface area contributed by atoms with Gasteiger partial charge in [0.1, 0.15) is 0 Å². The molecule has 0 spiro atoms. The predicted molar refractivity (Wildman–Crippen MR) is 51.8 cm³/mol. The molecule has 0 atom stereocenters. The molecule has 0 aliphatic heterocycles. The summed E-state index contributed by atoms with van der Waals surface area (Å²) in [6.07, 6.45) is 3.62. The quantitative estimate of drug-likeness (QED) is 0.824. The summed E-state index contributed by atoms with van der Waals surface area (Å²) in [5.41, 5.74) is 5.54. The Morgan fingerprint density at radius 1 is 1.64 bits per heavy atom. The van der Waals surface area contributed by atoms with Crippen molar-refractivity contribution in [1.29, 1.82) is 0 Å². The van der Waals surface area contributed by atoms with Crippen LogP contribution in [0.4, 0.5) is 5.95 Å². The van der Waals surface area contributed by atoms with Crippen molar-refractivity contribution in [3.8, 4) is 0 Å². The minimum absolute atomic E-state index is 0. The minimum atomic E-state index is 0. The molecule has 0 unspecified atom stereocenters. The Morgan fingerprint density at radius 3 is 2.64 bits per heavy atom. The fourth-order valence-corrected chi connectivity index (χ4v) is 0.888. The van der Waals surface area contributed by atoms with Crippen LogP contribution in [-0.2, 0) is 6.54 Å². The third kappa shape index (κ3) is 2.93.